The number of para-hydroxylation sites is 1. The van der Waals surface area contributed by atoms with Crippen LogP contribution in [-0.4, -0.2) is 19.6 Å². The zero-order chi connectivity index (χ0) is 15.2. The fourth-order valence-electron chi connectivity index (χ4n) is 3.60. The Labute approximate surface area is 130 Å². The fourth-order valence-corrected chi connectivity index (χ4v) is 3.60. The van der Waals surface area contributed by atoms with Crippen molar-refractivity contribution in [1.29, 1.82) is 0 Å². The topological polar surface area (TPSA) is 15.3 Å². The molecule has 1 aliphatic heterocycles. The molecule has 1 aromatic carbocycles. The number of nitrogens with zero attached hydrogens (tertiary/aromatic N) is 1. The summed E-state index contributed by atoms with van der Waals surface area (Å²) in [5.41, 5.74) is 2.93. The molecule has 0 radical (unpaired) electrons. The van der Waals surface area contributed by atoms with Crippen LogP contribution in [0, 0.1) is 11.8 Å². The summed E-state index contributed by atoms with van der Waals surface area (Å²) >= 11 is 0. The van der Waals surface area contributed by atoms with E-state index in [0.717, 1.165) is 24.8 Å². The molecule has 1 fully saturated rings. The third kappa shape index (κ3) is 4.00. The summed E-state index contributed by atoms with van der Waals surface area (Å²) in [4.78, 5) is 2.61. The molecular weight excluding hydrogens is 256 g/mol. The number of benzene rings is 1. The van der Waals surface area contributed by atoms with Gasteiger partial charge in [0, 0.05) is 24.8 Å². The summed E-state index contributed by atoms with van der Waals surface area (Å²) in [7, 11) is 0. The SMILES string of the molecule is CCNC(CC)c1ccccc1N1CCC(C(C)C)CC1. The molecule has 0 bridgehead atoms. The van der Waals surface area contributed by atoms with E-state index in [0.29, 0.717) is 6.04 Å². The van der Waals surface area contributed by atoms with Crippen molar-refractivity contribution in [2.75, 3.05) is 24.5 Å². The second-order valence-corrected chi connectivity index (χ2v) is 6.65. The molecule has 2 rings (SSSR count). The third-order valence-corrected chi connectivity index (χ3v) is 4.99. The van der Waals surface area contributed by atoms with Crippen molar-refractivity contribution in [2.24, 2.45) is 11.8 Å². The lowest BCUT2D eigenvalue weighted by Gasteiger charge is -2.37. The maximum absolute atomic E-state index is 3.63. The van der Waals surface area contributed by atoms with Gasteiger partial charge >= 0.3 is 0 Å². The molecule has 0 aromatic heterocycles. The summed E-state index contributed by atoms with van der Waals surface area (Å²) in [5, 5.41) is 3.63. The van der Waals surface area contributed by atoms with Crippen LogP contribution in [0.2, 0.25) is 0 Å². The maximum atomic E-state index is 3.63. The minimum absolute atomic E-state index is 0.481. The fraction of sp³-hybridized carbons (Fsp3) is 0.684. The van der Waals surface area contributed by atoms with Gasteiger partial charge in [-0.05, 0) is 49.3 Å². The summed E-state index contributed by atoms with van der Waals surface area (Å²) in [6, 6.07) is 9.46. The van der Waals surface area contributed by atoms with E-state index >= 15 is 0 Å². The number of hydrogen-bond donors (Lipinski definition) is 1. The van der Waals surface area contributed by atoms with Crippen LogP contribution in [0.5, 0.6) is 0 Å². The summed E-state index contributed by atoms with van der Waals surface area (Å²) in [5.74, 6) is 1.73. The molecule has 0 amide bonds. The summed E-state index contributed by atoms with van der Waals surface area (Å²) in [6.07, 6.45) is 3.82. The molecule has 1 atom stereocenters. The Hall–Kier alpha value is -1.02. The molecule has 2 nitrogen and oxygen atoms in total. The van der Waals surface area contributed by atoms with Gasteiger partial charge in [-0.2, -0.15) is 0 Å². The van der Waals surface area contributed by atoms with Crippen molar-refractivity contribution >= 4 is 5.69 Å². The molecule has 1 N–H and O–H groups in total. The Balaban J connectivity index is 2.13. The molecule has 0 saturated carbocycles. The highest BCUT2D eigenvalue weighted by molar-refractivity contribution is 5.55. The standard InChI is InChI=1S/C19H32N2/c1-5-18(20-6-2)17-9-7-8-10-19(17)21-13-11-16(12-14-21)15(3)4/h7-10,15-16,18,20H,5-6,11-14H2,1-4H3. The molecule has 1 aliphatic rings. The van der Waals surface area contributed by atoms with E-state index in [-0.39, 0.29) is 0 Å². The first-order valence-corrected chi connectivity index (χ1v) is 8.74. The average Bonchev–Trinajstić information content (AvgIpc) is 2.53. The Morgan fingerprint density at radius 2 is 1.81 bits per heavy atom. The van der Waals surface area contributed by atoms with Gasteiger partial charge in [-0.25, -0.2) is 0 Å². The molecule has 0 aliphatic carbocycles. The van der Waals surface area contributed by atoms with Crippen molar-refractivity contribution in [1.82, 2.24) is 5.32 Å². The Bertz CT molecular complexity index is 419. The Morgan fingerprint density at radius 3 is 2.38 bits per heavy atom. The van der Waals surface area contributed by atoms with Crippen molar-refractivity contribution < 1.29 is 0 Å². The highest BCUT2D eigenvalue weighted by Crippen LogP contribution is 2.32. The van der Waals surface area contributed by atoms with Crippen LogP contribution in [0.15, 0.2) is 24.3 Å². The molecule has 118 valence electrons. The monoisotopic (exact) mass is 288 g/mol. The number of nitrogens with one attached hydrogen (secondary N) is 1. The zero-order valence-electron chi connectivity index (χ0n) is 14.2. The quantitative estimate of drug-likeness (QED) is 0.821. The van der Waals surface area contributed by atoms with Gasteiger partial charge in [-0.3, -0.25) is 0 Å². The first-order valence-electron chi connectivity index (χ1n) is 8.74. The Kier molecular flexibility index (Phi) is 6.10. The van der Waals surface area contributed by atoms with E-state index in [9.17, 15) is 0 Å². The first-order chi connectivity index (χ1) is 10.2. The molecule has 1 heterocycles. The summed E-state index contributed by atoms with van der Waals surface area (Å²) < 4.78 is 0. The number of hydrogen-bond acceptors (Lipinski definition) is 2. The third-order valence-electron chi connectivity index (χ3n) is 4.99. The van der Waals surface area contributed by atoms with Crippen molar-refractivity contribution in [3.63, 3.8) is 0 Å². The normalized spacial score (nSPS) is 18.2. The van der Waals surface area contributed by atoms with E-state index in [4.69, 9.17) is 0 Å². The van der Waals surface area contributed by atoms with E-state index in [1.165, 1.54) is 37.2 Å². The lowest BCUT2D eigenvalue weighted by atomic mass is 9.86. The van der Waals surface area contributed by atoms with Crippen molar-refractivity contribution in [3.05, 3.63) is 29.8 Å². The van der Waals surface area contributed by atoms with E-state index < -0.39 is 0 Å². The predicted octanol–water partition coefficient (Wildman–Crippen LogP) is 4.62. The minimum atomic E-state index is 0.481. The second kappa shape index (κ2) is 7.84. The van der Waals surface area contributed by atoms with Crippen LogP contribution in [0.25, 0.3) is 0 Å². The Morgan fingerprint density at radius 1 is 1.14 bits per heavy atom. The van der Waals surface area contributed by atoms with E-state index in [2.05, 4.69) is 62.2 Å². The van der Waals surface area contributed by atoms with Gasteiger partial charge < -0.3 is 10.2 Å². The predicted molar refractivity (Wildman–Crippen MR) is 92.9 cm³/mol. The second-order valence-electron chi connectivity index (χ2n) is 6.65. The number of piperidine rings is 1. The van der Waals surface area contributed by atoms with Gasteiger partial charge in [0.25, 0.3) is 0 Å². The van der Waals surface area contributed by atoms with Crippen LogP contribution >= 0.6 is 0 Å². The largest absolute Gasteiger partial charge is 0.371 e. The van der Waals surface area contributed by atoms with Gasteiger partial charge in [-0.15, -0.1) is 0 Å². The highest BCUT2D eigenvalue weighted by Gasteiger charge is 2.24. The molecular formula is C19H32N2. The van der Waals surface area contributed by atoms with Gasteiger partial charge in [0.2, 0.25) is 0 Å². The van der Waals surface area contributed by atoms with Gasteiger partial charge in [0.05, 0.1) is 0 Å². The zero-order valence-corrected chi connectivity index (χ0v) is 14.2. The van der Waals surface area contributed by atoms with Crippen LogP contribution in [0.1, 0.15) is 58.6 Å². The van der Waals surface area contributed by atoms with Crippen LogP contribution in [0.4, 0.5) is 5.69 Å². The van der Waals surface area contributed by atoms with Crippen molar-refractivity contribution in [3.8, 4) is 0 Å². The van der Waals surface area contributed by atoms with Crippen LogP contribution in [0.3, 0.4) is 0 Å². The molecule has 21 heavy (non-hydrogen) atoms. The molecule has 2 heteroatoms. The lowest BCUT2D eigenvalue weighted by Crippen LogP contribution is -2.36. The summed E-state index contributed by atoms with van der Waals surface area (Å²) in [6.45, 7) is 12.7. The molecule has 1 aromatic rings. The number of rotatable bonds is 6. The first kappa shape index (κ1) is 16.4. The van der Waals surface area contributed by atoms with Crippen molar-refractivity contribution in [2.45, 2.75) is 53.0 Å². The van der Waals surface area contributed by atoms with Gasteiger partial charge in [0.1, 0.15) is 0 Å². The van der Waals surface area contributed by atoms with E-state index in [1.54, 1.807) is 0 Å². The minimum Gasteiger partial charge on any atom is -0.371 e. The lowest BCUT2D eigenvalue weighted by molar-refractivity contribution is 0.311. The average molecular weight is 288 g/mol. The maximum Gasteiger partial charge on any atom is 0.0414 e. The molecule has 1 saturated heterocycles. The molecule has 1 unspecified atom stereocenters. The number of anilines is 1. The van der Waals surface area contributed by atoms with Crippen LogP contribution < -0.4 is 10.2 Å². The van der Waals surface area contributed by atoms with Crippen LogP contribution in [-0.2, 0) is 0 Å². The smallest absolute Gasteiger partial charge is 0.0414 e. The van der Waals surface area contributed by atoms with Gasteiger partial charge in [-0.1, -0.05) is 45.9 Å². The van der Waals surface area contributed by atoms with E-state index in [1.807, 2.05) is 0 Å². The van der Waals surface area contributed by atoms with Gasteiger partial charge in [0.15, 0.2) is 0 Å². The molecule has 0 spiro atoms. The highest BCUT2D eigenvalue weighted by atomic mass is 15.1.